The molecule has 0 radical (unpaired) electrons. The first kappa shape index (κ1) is 17.5. The topological polar surface area (TPSA) is 90.3 Å². The highest BCUT2D eigenvalue weighted by Crippen LogP contribution is 2.38. The highest BCUT2D eigenvalue weighted by Gasteiger charge is 2.17. The monoisotopic (exact) mass is 375 g/mol. The van der Waals surface area contributed by atoms with Crippen LogP contribution < -0.4 is 9.47 Å². The summed E-state index contributed by atoms with van der Waals surface area (Å²) >= 11 is 0. The van der Waals surface area contributed by atoms with Gasteiger partial charge in [-0.3, -0.25) is 10.1 Å². The molecule has 3 aromatic carbocycles. The summed E-state index contributed by atoms with van der Waals surface area (Å²) in [4.78, 5) is 18.3. The van der Waals surface area contributed by atoms with Crippen LogP contribution in [0.4, 0.5) is 5.69 Å². The summed E-state index contributed by atoms with van der Waals surface area (Å²) in [5, 5.41) is 11.0. The van der Waals surface area contributed by atoms with E-state index in [9.17, 15) is 10.1 Å². The van der Waals surface area contributed by atoms with Gasteiger partial charge in [-0.05, 0) is 23.8 Å². The molecule has 0 atom stereocenters. The molecule has 0 saturated heterocycles. The third-order valence-electron chi connectivity index (χ3n) is 4.36. The lowest BCUT2D eigenvalue weighted by Crippen LogP contribution is -2.00. The molecule has 0 saturated carbocycles. The molecule has 1 heterocycles. The minimum atomic E-state index is -0.431. The maximum Gasteiger partial charge on any atom is 0.271 e. The van der Waals surface area contributed by atoms with Crippen molar-refractivity contribution in [3.8, 4) is 22.9 Å². The lowest BCUT2D eigenvalue weighted by Gasteiger charge is -2.14. The number of aromatic amines is 1. The number of fused-ring (bicyclic) bond motifs is 1. The van der Waals surface area contributed by atoms with Crippen molar-refractivity contribution in [2.45, 2.75) is 6.61 Å². The van der Waals surface area contributed by atoms with Crippen molar-refractivity contribution in [3.05, 3.63) is 82.4 Å². The highest BCUT2D eigenvalue weighted by atomic mass is 16.6. The second-order valence-corrected chi connectivity index (χ2v) is 6.16. The number of hydrogen-bond acceptors (Lipinski definition) is 5. The third-order valence-corrected chi connectivity index (χ3v) is 4.36. The molecule has 0 bridgehead atoms. The van der Waals surface area contributed by atoms with Crippen LogP contribution in [0.1, 0.15) is 5.56 Å². The van der Waals surface area contributed by atoms with E-state index < -0.39 is 4.92 Å². The molecule has 0 aliphatic rings. The van der Waals surface area contributed by atoms with Crippen molar-refractivity contribution in [1.82, 2.24) is 9.97 Å². The van der Waals surface area contributed by atoms with Crippen molar-refractivity contribution in [1.29, 1.82) is 0 Å². The van der Waals surface area contributed by atoms with Gasteiger partial charge < -0.3 is 14.5 Å². The Morgan fingerprint density at radius 3 is 2.64 bits per heavy atom. The van der Waals surface area contributed by atoms with Crippen LogP contribution in [0.15, 0.2) is 66.7 Å². The summed E-state index contributed by atoms with van der Waals surface area (Å²) < 4.78 is 11.5. The normalized spacial score (nSPS) is 10.8. The van der Waals surface area contributed by atoms with E-state index in [0.29, 0.717) is 40.5 Å². The Morgan fingerprint density at radius 1 is 1.07 bits per heavy atom. The second kappa shape index (κ2) is 7.40. The molecule has 0 amide bonds. The summed E-state index contributed by atoms with van der Waals surface area (Å²) in [6, 6.07) is 19.9. The maximum absolute atomic E-state index is 11.0. The number of para-hydroxylation sites is 1. The summed E-state index contributed by atoms with van der Waals surface area (Å²) in [5.41, 5.74) is 2.97. The molecule has 4 rings (SSSR count). The molecular formula is C21H17N3O4. The van der Waals surface area contributed by atoms with Gasteiger partial charge in [0.25, 0.3) is 5.69 Å². The maximum atomic E-state index is 11.0. The molecule has 7 nitrogen and oxygen atoms in total. The van der Waals surface area contributed by atoms with Gasteiger partial charge in [-0.1, -0.05) is 36.4 Å². The summed E-state index contributed by atoms with van der Waals surface area (Å²) in [6.45, 7) is 0.375. The number of benzene rings is 3. The minimum Gasteiger partial charge on any atom is -0.493 e. The Morgan fingerprint density at radius 2 is 1.89 bits per heavy atom. The number of nitro benzene ring substituents is 1. The Kier molecular flexibility index (Phi) is 4.63. The Balaban J connectivity index is 1.74. The van der Waals surface area contributed by atoms with Crippen LogP contribution in [0.25, 0.3) is 22.4 Å². The molecule has 1 N–H and O–H groups in total. The van der Waals surface area contributed by atoms with E-state index in [-0.39, 0.29) is 5.69 Å². The molecule has 0 aliphatic heterocycles. The van der Waals surface area contributed by atoms with Crippen LogP contribution in [0, 0.1) is 10.1 Å². The Bertz CT molecular complexity index is 1140. The van der Waals surface area contributed by atoms with Gasteiger partial charge in [0.15, 0.2) is 11.5 Å². The molecule has 140 valence electrons. The van der Waals surface area contributed by atoms with Crippen LogP contribution in [0.2, 0.25) is 0 Å². The molecule has 0 aliphatic carbocycles. The summed E-state index contributed by atoms with van der Waals surface area (Å²) in [6.07, 6.45) is 0. The number of H-pyrrole nitrogens is 1. The van der Waals surface area contributed by atoms with Crippen LogP contribution in [-0.4, -0.2) is 22.0 Å². The lowest BCUT2D eigenvalue weighted by molar-refractivity contribution is -0.384. The van der Waals surface area contributed by atoms with E-state index in [1.807, 2.05) is 48.5 Å². The average molecular weight is 375 g/mol. The smallest absolute Gasteiger partial charge is 0.271 e. The van der Waals surface area contributed by atoms with E-state index >= 15 is 0 Å². The predicted molar refractivity (Wildman–Crippen MR) is 106 cm³/mol. The fraction of sp³-hybridized carbons (Fsp3) is 0.0952. The van der Waals surface area contributed by atoms with Crippen LogP contribution in [-0.2, 0) is 6.61 Å². The number of aromatic nitrogens is 2. The number of nitrogens with zero attached hydrogens (tertiary/aromatic N) is 2. The number of nitro groups is 1. The molecule has 0 spiro atoms. The van der Waals surface area contributed by atoms with Gasteiger partial charge >= 0.3 is 0 Å². The van der Waals surface area contributed by atoms with Gasteiger partial charge in [-0.15, -0.1) is 0 Å². The molecule has 4 aromatic rings. The van der Waals surface area contributed by atoms with E-state index in [1.54, 1.807) is 13.2 Å². The van der Waals surface area contributed by atoms with Crippen LogP contribution in [0.5, 0.6) is 11.5 Å². The lowest BCUT2D eigenvalue weighted by atomic mass is 10.1. The van der Waals surface area contributed by atoms with E-state index in [2.05, 4.69) is 9.97 Å². The number of nitrogens with one attached hydrogen (secondary N) is 1. The van der Waals surface area contributed by atoms with Gasteiger partial charge in [0.2, 0.25) is 0 Å². The SMILES string of the molecule is COc1cccc(-c2nc3ccc([N+](=O)[O-])cc3[nH]2)c1OCc1ccccc1. The van der Waals surface area contributed by atoms with Gasteiger partial charge in [0, 0.05) is 12.1 Å². The summed E-state index contributed by atoms with van der Waals surface area (Å²) in [7, 11) is 1.58. The zero-order chi connectivity index (χ0) is 19.5. The molecule has 0 fully saturated rings. The number of imidazole rings is 1. The van der Waals surface area contributed by atoms with Crippen molar-refractivity contribution >= 4 is 16.7 Å². The molecule has 0 unspecified atom stereocenters. The first-order valence-electron chi connectivity index (χ1n) is 8.64. The highest BCUT2D eigenvalue weighted by molar-refractivity contribution is 5.83. The standard InChI is InChI=1S/C21H17N3O4/c1-27-19-9-5-8-16(20(19)28-13-14-6-3-2-4-7-14)21-22-17-11-10-15(24(25)26)12-18(17)23-21/h2-12H,13H2,1H3,(H,22,23). The zero-order valence-electron chi connectivity index (χ0n) is 15.1. The average Bonchev–Trinajstić information content (AvgIpc) is 3.15. The predicted octanol–water partition coefficient (Wildman–Crippen LogP) is 4.73. The van der Waals surface area contributed by atoms with Gasteiger partial charge in [-0.2, -0.15) is 0 Å². The van der Waals surface area contributed by atoms with E-state index in [4.69, 9.17) is 9.47 Å². The Labute approximate surface area is 160 Å². The van der Waals surface area contributed by atoms with Gasteiger partial charge in [-0.25, -0.2) is 4.98 Å². The number of rotatable bonds is 6. The number of methoxy groups -OCH3 is 1. The van der Waals surface area contributed by atoms with Crippen molar-refractivity contribution in [3.63, 3.8) is 0 Å². The van der Waals surface area contributed by atoms with E-state index in [1.165, 1.54) is 12.1 Å². The largest absolute Gasteiger partial charge is 0.493 e. The fourth-order valence-corrected chi connectivity index (χ4v) is 2.98. The van der Waals surface area contributed by atoms with Gasteiger partial charge in [0.05, 0.1) is 28.6 Å². The molecule has 28 heavy (non-hydrogen) atoms. The molecular weight excluding hydrogens is 358 g/mol. The Hall–Kier alpha value is -3.87. The summed E-state index contributed by atoms with van der Waals surface area (Å²) in [5.74, 6) is 1.69. The van der Waals surface area contributed by atoms with E-state index in [0.717, 1.165) is 5.56 Å². The fourth-order valence-electron chi connectivity index (χ4n) is 2.98. The number of hydrogen-bond donors (Lipinski definition) is 1. The number of non-ortho nitro benzene ring substituents is 1. The number of ether oxygens (including phenoxy) is 2. The van der Waals surface area contributed by atoms with Crippen molar-refractivity contribution < 1.29 is 14.4 Å². The second-order valence-electron chi connectivity index (χ2n) is 6.16. The molecule has 1 aromatic heterocycles. The zero-order valence-corrected chi connectivity index (χ0v) is 15.1. The van der Waals surface area contributed by atoms with Crippen LogP contribution in [0.3, 0.4) is 0 Å². The van der Waals surface area contributed by atoms with Crippen molar-refractivity contribution in [2.75, 3.05) is 7.11 Å². The third kappa shape index (κ3) is 3.37. The van der Waals surface area contributed by atoms with Crippen molar-refractivity contribution in [2.24, 2.45) is 0 Å². The molecule has 7 heteroatoms. The quantitative estimate of drug-likeness (QED) is 0.389. The minimum absolute atomic E-state index is 0.00823. The van der Waals surface area contributed by atoms with Gasteiger partial charge in [0.1, 0.15) is 12.4 Å². The first-order valence-corrected chi connectivity index (χ1v) is 8.64. The first-order chi connectivity index (χ1) is 13.7. The van der Waals surface area contributed by atoms with Crippen LogP contribution >= 0.6 is 0 Å².